The number of fused-ring (bicyclic) bond motifs is 1. The highest BCUT2D eigenvalue weighted by Crippen LogP contribution is 2.40. The molecule has 1 N–H and O–H groups in total. The first kappa shape index (κ1) is 22.1. The average molecular weight is 547 g/mol. The molecule has 1 unspecified atom stereocenters. The molecule has 0 saturated heterocycles. The average Bonchev–Trinajstić information content (AvgIpc) is 2.98. The molecule has 28 heavy (non-hydrogen) atoms. The number of nitrogens with one attached hydrogen (secondary N) is 1. The number of aromatic nitrogens is 3. The van der Waals surface area contributed by atoms with Gasteiger partial charge in [0, 0.05) is 11.0 Å². The minimum absolute atomic E-state index is 0.479. The number of hydrogen-bond donors (Lipinski definition) is 1. The Morgan fingerprint density at radius 3 is 2.57 bits per heavy atom. The van der Waals surface area contributed by atoms with E-state index in [4.69, 9.17) is 16.6 Å². The molecular formula is C20H25ClIN4PS. The minimum atomic E-state index is 0.479. The van der Waals surface area contributed by atoms with Gasteiger partial charge in [0.2, 0.25) is 0 Å². The number of rotatable bonds is 5. The SMILES string of the molecule is CC.CSc1cc(C2CCC2)ccc1Nc1cc(Cl)nc2c1nc(C)n2PI. The summed E-state index contributed by atoms with van der Waals surface area (Å²) >= 11 is 10.4. The van der Waals surface area contributed by atoms with Gasteiger partial charge in [0.05, 0.1) is 17.7 Å². The molecule has 1 saturated carbocycles. The van der Waals surface area contributed by atoms with Crippen molar-refractivity contribution in [3.8, 4) is 0 Å². The molecule has 0 spiro atoms. The van der Waals surface area contributed by atoms with E-state index in [1.807, 2.05) is 26.8 Å². The second-order valence-electron chi connectivity index (χ2n) is 6.46. The summed E-state index contributed by atoms with van der Waals surface area (Å²) in [6, 6.07) is 8.62. The standard InChI is InChI=1S/C18H19ClIN4PS.C2H6/c1-10-21-17-14(9-16(19)23-18(17)24(10)25-20)22-13-7-6-12(8-15(13)26-2)11-4-3-5-11;1-2/h6-9,11,25H,3-5H2,1-2H3,(H,22,23);1-2H3. The van der Waals surface area contributed by atoms with E-state index in [1.54, 1.807) is 11.8 Å². The highest BCUT2D eigenvalue weighted by molar-refractivity contribution is 14.2. The predicted octanol–water partition coefficient (Wildman–Crippen LogP) is 7.94. The van der Waals surface area contributed by atoms with Crippen LogP contribution in [0, 0.1) is 6.92 Å². The first-order valence-electron chi connectivity index (χ1n) is 9.48. The van der Waals surface area contributed by atoms with Crippen molar-refractivity contribution in [1.82, 2.24) is 14.3 Å². The van der Waals surface area contributed by atoms with E-state index >= 15 is 0 Å². The maximum atomic E-state index is 6.30. The number of imidazole rings is 1. The largest absolute Gasteiger partial charge is 0.353 e. The third-order valence-electron chi connectivity index (χ3n) is 4.91. The molecule has 1 aliphatic rings. The molecule has 0 amide bonds. The fourth-order valence-electron chi connectivity index (χ4n) is 3.27. The van der Waals surface area contributed by atoms with Gasteiger partial charge in [0.15, 0.2) is 5.65 Å². The zero-order chi connectivity index (χ0) is 20.3. The Hall–Kier alpha value is -0.560. The summed E-state index contributed by atoms with van der Waals surface area (Å²) in [5.74, 6) is 1.69. The fourth-order valence-corrected chi connectivity index (χ4v) is 6.20. The number of anilines is 2. The lowest BCUT2D eigenvalue weighted by Gasteiger charge is -2.26. The van der Waals surface area contributed by atoms with Crippen LogP contribution >= 0.6 is 51.8 Å². The lowest BCUT2D eigenvalue weighted by Crippen LogP contribution is -2.08. The zero-order valence-corrected chi connectivity index (χ0v) is 21.2. The fraction of sp³-hybridized carbons (Fsp3) is 0.400. The number of pyridine rings is 1. The maximum Gasteiger partial charge on any atom is 0.167 e. The summed E-state index contributed by atoms with van der Waals surface area (Å²) in [7, 11) is 0. The van der Waals surface area contributed by atoms with Crippen molar-refractivity contribution in [2.24, 2.45) is 0 Å². The molecule has 1 atom stereocenters. The Morgan fingerprint density at radius 1 is 1.21 bits per heavy atom. The second-order valence-corrected chi connectivity index (χ2v) is 9.76. The van der Waals surface area contributed by atoms with Gasteiger partial charge >= 0.3 is 0 Å². The van der Waals surface area contributed by atoms with Crippen LogP contribution in [0.3, 0.4) is 0 Å². The Labute approximate surface area is 191 Å². The summed E-state index contributed by atoms with van der Waals surface area (Å²) in [5.41, 5.74) is 5.15. The van der Waals surface area contributed by atoms with E-state index in [-0.39, 0.29) is 0 Å². The van der Waals surface area contributed by atoms with Crippen LogP contribution in [0.2, 0.25) is 5.15 Å². The van der Waals surface area contributed by atoms with E-state index in [0.717, 1.165) is 34.3 Å². The molecule has 0 bridgehead atoms. The maximum absolute atomic E-state index is 6.30. The third kappa shape index (κ3) is 4.45. The van der Waals surface area contributed by atoms with Crippen LogP contribution in [0.1, 0.15) is 50.4 Å². The van der Waals surface area contributed by atoms with E-state index in [0.29, 0.717) is 11.5 Å². The minimum Gasteiger partial charge on any atom is -0.353 e. The van der Waals surface area contributed by atoms with Crippen molar-refractivity contribution < 1.29 is 0 Å². The van der Waals surface area contributed by atoms with Crippen LogP contribution in [0.4, 0.5) is 11.4 Å². The molecule has 1 fully saturated rings. The normalized spacial score (nSPS) is 14.2. The Kier molecular flexibility index (Phi) is 7.88. The van der Waals surface area contributed by atoms with Crippen LogP contribution in [0.25, 0.3) is 11.2 Å². The van der Waals surface area contributed by atoms with Crippen molar-refractivity contribution in [3.63, 3.8) is 0 Å². The van der Waals surface area contributed by atoms with Crippen molar-refractivity contribution >= 4 is 74.3 Å². The molecule has 3 aromatic rings. The topological polar surface area (TPSA) is 42.7 Å². The molecule has 8 heteroatoms. The van der Waals surface area contributed by atoms with Crippen molar-refractivity contribution in [2.75, 3.05) is 11.6 Å². The highest BCUT2D eigenvalue weighted by atomic mass is 127. The van der Waals surface area contributed by atoms with Crippen LogP contribution in [0.5, 0.6) is 0 Å². The summed E-state index contributed by atoms with van der Waals surface area (Å²) in [4.78, 5) is 10.5. The molecule has 150 valence electrons. The van der Waals surface area contributed by atoms with Gasteiger partial charge in [-0.3, -0.25) is 4.34 Å². The molecular weight excluding hydrogens is 522 g/mol. The molecule has 0 radical (unpaired) electrons. The lowest BCUT2D eigenvalue weighted by atomic mass is 9.80. The third-order valence-corrected chi connectivity index (χ3v) is 8.03. The Bertz CT molecular complexity index is 974. The molecule has 1 aliphatic carbocycles. The second kappa shape index (κ2) is 9.96. The number of aryl methyl sites for hydroxylation is 1. The molecule has 2 heterocycles. The van der Waals surface area contributed by atoms with Crippen LogP contribution < -0.4 is 5.32 Å². The first-order valence-corrected chi connectivity index (χ1v) is 15.1. The predicted molar refractivity (Wildman–Crippen MR) is 134 cm³/mol. The smallest absolute Gasteiger partial charge is 0.167 e. The molecule has 4 rings (SSSR count). The number of benzene rings is 1. The summed E-state index contributed by atoms with van der Waals surface area (Å²) in [6.07, 6.45) is 6.64. The van der Waals surface area contributed by atoms with Crippen molar-refractivity contribution in [1.29, 1.82) is 0 Å². The lowest BCUT2D eigenvalue weighted by molar-refractivity contribution is 0.419. The number of nitrogens with zero attached hydrogens (tertiary/aromatic N) is 3. The molecule has 2 aromatic heterocycles. The van der Waals surface area contributed by atoms with Crippen molar-refractivity contribution in [3.05, 3.63) is 40.8 Å². The van der Waals surface area contributed by atoms with Gasteiger partial charge in [-0.15, -0.1) is 11.8 Å². The first-order chi connectivity index (χ1) is 13.6. The Morgan fingerprint density at radius 2 is 1.96 bits per heavy atom. The van der Waals surface area contributed by atoms with Crippen molar-refractivity contribution in [2.45, 2.75) is 50.8 Å². The van der Waals surface area contributed by atoms with Crippen LogP contribution in [-0.4, -0.2) is 20.6 Å². The van der Waals surface area contributed by atoms with Gasteiger partial charge in [-0.25, -0.2) is 9.97 Å². The van der Waals surface area contributed by atoms with E-state index < -0.39 is 0 Å². The number of halogens is 2. The summed E-state index contributed by atoms with van der Waals surface area (Å²) < 4.78 is 2.10. The van der Waals surface area contributed by atoms with Gasteiger partial charge in [-0.05, 0) is 71.7 Å². The van der Waals surface area contributed by atoms with Gasteiger partial charge in [-0.2, -0.15) is 0 Å². The summed E-state index contributed by atoms with van der Waals surface area (Å²) in [6.45, 7) is 6.01. The quantitative estimate of drug-likeness (QED) is 0.153. The van der Waals surface area contributed by atoms with Gasteiger partial charge < -0.3 is 5.32 Å². The van der Waals surface area contributed by atoms with Gasteiger partial charge in [0.1, 0.15) is 16.5 Å². The number of hydrogen-bond acceptors (Lipinski definition) is 4. The highest BCUT2D eigenvalue weighted by Gasteiger charge is 2.21. The monoisotopic (exact) mass is 546 g/mol. The molecule has 0 aliphatic heterocycles. The van der Waals surface area contributed by atoms with E-state index in [1.165, 1.54) is 29.7 Å². The van der Waals surface area contributed by atoms with Gasteiger partial charge in [0.25, 0.3) is 0 Å². The number of thioether (sulfide) groups is 1. The zero-order valence-electron chi connectivity index (χ0n) is 16.5. The Balaban J connectivity index is 0.00000109. The summed E-state index contributed by atoms with van der Waals surface area (Å²) in [5, 5.41) is 4.03. The van der Waals surface area contributed by atoms with Crippen LogP contribution in [-0.2, 0) is 0 Å². The van der Waals surface area contributed by atoms with Crippen LogP contribution in [0.15, 0.2) is 29.2 Å². The van der Waals surface area contributed by atoms with Gasteiger partial charge in [-0.1, -0.05) is 37.9 Å². The molecule has 4 nitrogen and oxygen atoms in total. The van der Waals surface area contributed by atoms with E-state index in [2.05, 4.69) is 61.1 Å². The molecule has 1 aromatic carbocycles. The van der Waals surface area contributed by atoms with E-state index in [9.17, 15) is 0 Å².